The summed E-state index contributed by atoms with van der Waals surface area (Å²) in [6.45, 7) is 5.39. The first-order chi connectivity index (χ1) is 14.7. The zero-order chi connectivity index (χ0) is 22.3. The summed E-state index contributed by atoms with van der Waals surface area (Å²) in [7, 11) is 2.93. The molecule has 2 aliphatic rings. The Bertz CT molecular complexity index is 1060. The Balaban J connectivity index is 1.89. The van der Waals surface area contributed by atoms with E-state index in [1.54, 1.807) is 12.1 Å². The molecule has 31 heavy (non-hydrogen) atoms. The van der Waals surface area contributed by atoms with Crippen LogP contribution in [0.2, 0.25) is 0 Å². The Morgan fingerprint density at radius 2 is 1.77 bits per heavy atom. The highest BCUT2D eigenvalue weighted by molar-refractivity contribution is 6.00. The number of allylic oxidation sites excluding steroid dienone is 1. The van der Waals surface area contributed by atoms with Gasteiger partial charge in [-0.2, -0.15) is 0 Å². The van der Waals surface area contributed by atoms with Crippen LogP contribution in [0.5, 0.6) is 17.2 Å². The average Bonchev–Trinajstić information content (AvgIpc) is 3.05. The zero-order valence-electron chi connectivity index (χ0n) is 18.0. The lowest BCUT2D eigenvalue weighted by atomic mass is 9.73. The van der Waals surface area contributed by atoms with Gasteiger partial charge in [0.2, 0.25) is 17.4 Å². The molecule has 0 radical (unpaired) electrons. The van der Waals surface area contributed by atoms with E-state index < -0.39 is 12.0 Å². The summed E-state index contributed by atoms with van der Waals surface area (Å²) in [6, 6.07) is 2.83. The maximum atomic E-state index is 13.2. The van der Waals surface area contributed by atoms with Crippen molar-refractivity contribution >= 4 is 23.4 Å². The van der Waals surface area contributed by atoms with Gasteiger partial charge < -0.3 is 24.8 Å². The first kappa shape index (κ1) is 20.7. The number of ether oxygens (including phenoxy) is 3. The molecule has 4 rings (SSSR count). The largest absolute Gasteiger partial charge is 0.493 e. The molecule has 10 heteroatoms. The molecule has 1 atom stereocenters. The van der Waals surface area contributed by atoms with Crippen LogP contribution in [0.15, 0.2) is 28.0 Å². The molecule has 2 N–H and O–H groups in total. The van der Waals surface area contributed by atoms with Crippen molar-refractivity contribution in [3.8, 4) is 17.2 Å². The molecule has 1 aliphatic carbocycles. The van der Waals surface area contributed by atoms with Gasteiger partial charge in [-0.25, -0.2) is 4.63 Å². The van der Waals surface area contributed by atoms with Crippen molar-refractivity contribution in [1.29, 1.82) is 0 Å². The van der Waals surface area contributed by atoms with Gasteiger partial charge in [0.25, 0.3) is 0 Å². The van der Waals surface area contributed by atoms with Crippen molar-refractivity contribution in [3.63, 3.8) is 0 Å². The van der Waals surface area contributed by atoms with E-state index in [-0.39, 0.29) is 16.9 Å². The van der Waals surface area contributed by atoms with Crippen LogP contribution in [0, 0.1) is 5.41 Å². The first-order valence-corrected chi connectivity index (χ1v) is 9.79. The number of fused-ring (bicyclic) bond motifs is 1. The molecule has 10 nitrogen and oxygen atoms in total. The van der Waals surface area contributed by atoms with Crippen LogP contribution in [0.1, 0.15) is 45.2 Å². The minimum absolute atomic E-state index is 0.0142. The van der Waals surface area contributed by atoms with Gasteiger partial charge in [0.15, 0.2) is 17.3 Å². The lowest BCUT2D eigenvalue weighted by Crippen LogP contribution is -2.31. The van der Waals surface area contributed by atoms with Gasteiger partial charge in [0.05, 0.1) is 20.3 Å². The van der Waals surface area contributed by atoms with Gasteiger partial charge in [-0.1, -0.05) is 13.8 Å². The van der Waals surface area contributed by atoms with Crippen LogP contribution < -0.4 is 24.8 Å². The second-order valence-corrected chi connectivity index (χ2v) is 8.35. The van der Waals surface area contributed by atoms with Crippen LogP contribution in [0.3, 0.4) is 0 Å². The average molecular weight is 428 g/mol. The SMILES string of the molecule is COc1cc(C2Nc3nonc3NC3=C2C(=O)CC(C)(C)C3)cc(OC)c1OC(C)=O. The Morgan fingerprint density at radius 3 is 2.39 bits per heavy atom. The minimum atomic E-state index is -0.576. The van der Waals surface area contributed by atoms with E-state index in [4.69, 9.17) is 18.8 Å². The van der Waals surface area contributed by atoms with Gasteiger partial charge in [0.1, 0.15) is 0 Å². The van der Waals surface area contributed by atoms with Crippen molar-refractivity contribution < 1.29 is 28.4 Å². The summed E-state index contributed by atoms with van der Waals surface area (Å²) in [5.74, 6) is 1.07. The fraction of sp³-hybridized carbons (Fsp3) is 0.429. The summed E-state index contributed by atoms with van der Waals surface area (Å²) in [5, 5.41) is 14.3. The first-order valence-electron chi connectivity index (χ1n) is 9.79. The Morgan fingerprint density at radius 1 is 1.13 bits per heavy atom. The Kier molecular flexibility index (Phi) is 5.08. The third kappa shape index (κ3) is 3.80. The fourth-order valence-electron chi connectivity index (χ4n) is 4.06. The van der Waals surface area contributed by atoms with Crippen LogP contribution in [-0.4, -0.2) is 36.3 Å². The number of nitrogens with one attached hydrogen (secondary N) is 2. The topological polar surface area (TPSA) is 125 Å². The van der Waals surface area contributed by atoms with Crippen LogP contribution >= 0.6 is 0 Å². The fourth-order valence-corrected chi connectivity index (χ4v) is 4.06. The highest BCUT2D eigenvalue weighted by atomic mass is 16.6. The number of nitrogens with zero attached hydrogens (tertiary/aromatic N) is 2. The van der Waals surface area contributed by atoms with E-state index in [1.807, 2.05) is 13.8 Å². The molecule has 0 saturated heterocycles. The zero-order valence-corrected chi connectivity index (χ0v) is 18.0. The molecular formula is C21H24N4O6. The van der Waals surface area contributed by atoms with Crippen LogP contribution in [0.4, 0.5) is 11.6 Å². The van der Waals surface area contributed by atoms with Crippen LogP contribution in [0.25, 0.3) is 0 Å². The number of anilines is 2. The molecule has 1 aromatic carbocycles. The number of methoxy groups -OCH3 is 2. The summed E-state index contributed by atoms with van der Waals surface area (Å²) in [6.07, 6.45) is 1.05. The molecule has 0 amide bonds. The lowest BCUT2D eigenvalue weighted by molar-refractivity contribution is -0.132. The highest BCUT2D eigenvalue weighted by Gasteiger charge is 2.40. The second-order valence-electron chi connectivity index (χ2n) is 8.35. The maximum absolute atomic E-state index is 13.2. The third-order valence-electron chi connectivity index (χ3n) is 5.31. The molecule has 0 spiro atoms. The number of hydrogen-bond donors (Lipinski definition) is 2. The number of Topliss-reactive ketones (excluding diaryl/α,β-unsaturated/α-hetero) is 1. The summed E-state index contributed by atoms with van der Waals surface area (Å²) >= 11 is 0. The van der Waals surface area contributed by atoms with E-state index in [2.05, 4.69) is 20.9 Å². The molecule has 1 aromatic heterocycles. The molecule has 0 fully saturated rings. The third-order valence-corrected chi connectivity index (χ3v) is 5.31. The number of esters is 1. The van der Waals surface area contributed by atoms with Crippen molar-refractivity contribution in [1.82, 2.24) is 10.3 Å². The number of hydrogen-bond acceptors (Lipinski definition) is 10. The predicted molar refractivity (Wildman–Crippen MR) is 110 cm³/mol. The minimum Gasteiger partial charge on any atom is -0.493 e. The van der Waals surface area contributed by atoms with Gasteiger partial charge >= 0.3 is 5.97 Å². The number of benzene rings is 1. The monoisotopic (exact) mass is 428 g/mol. The summed E-state index contributed by atoms with van der Waals surface area (Å²) in [4.78, 5) is 24.8. The van der Waals surface area contributed by atoms with E-state index in [0.29, 0.717) is 47.1 Å². The quantitative estimate of drug-likeness (QED) is 0.554. The van der Waals surface area contributed by atoms with Crippen molar-refractivity contribution in [2.75, 3.05) is 24.9 Å². The molecule has 0 bridgehead atoms. The Labute approximate surface area is 178 Å². The molecule has 164 valence electrons. The van der Waals surface area contributed by atoms with Gasteiger partial charge in [0, 0.05) is 24.6 Å². The van der Waals surface area contributed by atoms with Crippen LogP contribution in [-0.2, 0) is 9.59 Å². The number of carbonyl (C=O) groups is 2. The summed E-state index contributed by atoms with van der Waals surface area (Å²) in [5.41, 5.74) is 1.81. The van der Waals surface area contributed by atoms with Crippen molar-refractivity contribution in [2.45, 2.75) is 39.7 Å². The predicted octanol–water partition coefficient (Wildman–Crippen LogP) is 3.23. The van der Waals surface area contributed by atoms with E-state index in [0.717, 1.165) is 5.70 Å². The number of rotatable bonds is 4. The molecule has 0 saturated carbocycles. The maximum Gasteiger partial charge on any atom is 0.308 e. The normalized spacial score (nSPS) is 19.4. The second kappa shape index (κ2) is 7.60. The molecule has 2 aromatic rings. The molecule has 2 heterocycles. The molecular weight excluding hydrogens is 404 g/mol. The van der Waals surface area contributed by atoms with Gasteiger partial charge in [-0.3, -0.25) is 9.59 Å². The molecule has 1 unspecified atom stereocenters. The highest BCUT2D eigenvalue weighted by Crippen LogP contribution is 2.47. The Hall–Kier alpha value is -3.56. The smallest absolute Gasteiger partial charge is 0.308 e. The van der Waals surface area contributed by atoms with Gasteiger partial charge in [-0.15, -0.1) is 0 Å². The van der Waals surface area contributed by atoms with E-state index in [1.165, 1.54) is 21.1 Å². The number of carbonyl (C=O) groups excluding carboxylic acids is 2. The number of aromatic nitrogens is 2. The van der Waals surface area contributed by atoms with Crippen molar-refractivity contribution in [2.24, 2.45) is 5.41 Å². The van der Waals surface area contributed by atoms with Gasteiger partial charge in [-0.05, 0) is 39.8 Å². The van der Waals surface area contributed by atoms with Crippen molar-refractivity contribution in [3.05, 3.63) is 29.0 Å². The van der Waals surface area contributed by atoms with E-state index in [9.17, 15) is 9.59 Å². The standard InChI is InChI=1S/C21H24N4O6/c1-10(26)30-18-14(28-4)6-11(7-15(18)29-5)17-16-12(8-21(2,3)9-13(16)27)22-19-20(23-17)25-31-24-19/h6-7,17H,8-9H2,1-5H3,(H,22,24)(H,23,25). The number of ketones is 1. The lowest BCUT2D eigenvalue weighted by Gasteiger charge is -2.34. The van der Waals surface area contributed by atoms with E-state index >= 15 is 0 Å². The molecule has 1 aliphatic heterocycles. The summed E-state index contributed by atoms with van der Waals surface area (Å²) < 4.78 is 21.1.